The summed E-state index contributed by atoms with van der Waals surface area (Å²) in [6, 6.07) is 0. The van der Waals surface area contributed by atoms with Gasteiger partial charge in [-0.2, -0.15) is 5.11 Å². The molecular formula is C5H6N4O2. The lowest BCUT2D eigenvalue weighted by molar-refractivity contribution is -0.183. The Morgan fingerprint density at radius 2 is 1.82 bits per heavy atom. The fourth-order valence-electron chi connectivity index (χ4n) is 0.985. The number of hydrogen-bond donors (Lipinski definition) is 2. The van der Waals surface area contributed by atoms with E-state index in [1.165, 1.54) is 12.4 Å². The number of aliphatic imine (C=N–C) groups is 2. The zero-order chi connectivity index (χ0) is 7.95. The Morgan fingerprint density at radius 1 is 1.18 bits per heavy atom. The van der Waals surface area contributed by atoms with Crippen LogP contribution in [0.25, 0.3) is 0 Å². The van der Waals surface area contributed by atoms with Crippen LogP contribution >= 0.6 is 0 Å². The minimum Gasteiger partial charge on any atom is -0.359 e. The second kappa shape index (κ2) is 1.72. The van der Waals surface area contributed by atoms with E-state index in [1.54, 1.807) is 0 Å². The molecule has 0 unspecified atom stereocenters. The summed E-state index contributed by atoms with van der Waals surface area (Å²) in [5.74, 6) is -3.57. The minimum atomic E-state index is -2.06. The fraction of sp³-hybridized carbons (Fsp3) is 0.600. The van der Waals surface area contributed by atoms with Gasteiger partial charge in [-0.3, -0.25) is 0 Å². The second-order valence-electron chi connectivity index (χ2n) is 2.41. The highest BCUT2D eigenvalue weighted by Crippen LogP contribution is 2.34. The summed E-state index contributed by atoms with van der Waals surface area (Å²) >= 11 is 0. The van der Waals surface area contributed by atoms with Gasteiger partial charge in [0.2, 0.25) is 0 Å². The maximum Gasteiger partial charge on any atom is 0.319 e. The molecule has 0 radical (unpaired) electrons. The van der Waals surface area contributed by atoms with E-state index in [4.69, 9.17) is 0 Å². The molecule has 2 N–H and O–H groups in total. The number of hydrogen-bond acceptors (Lipinski definition) is 6. The van der Waals surface area contributed by atoms with Crippen molar-refractivity contribution in [2.75, 3.05) is 6.54 Å². The van der Waals surface area contributed by atoms with Crippen LogP contribution in [0.3, 0.4) is 0 Å². The number of nitrogens with zero attached hydrogens (tertiary/aromatic N) is 4. The number of azo groups is 1. The van der Waals surface area contributed by atoms with Crippen molar-refractivity contribution in [3.8, 4) is 0 Å². The highest BCUT2D eigenvalue weighted by Gasteiger charge is 2.55. The third-order valence-electron chi connectivity index (χ3n) is 1.61. The first-order chi connectivity index (χ1) is 5.16. The van der Waals surface area contributed by atoms with Crippen LogP contribution < -0.4 is 0 Å². The van der Waals surface area contributed by atoms with Crippen LogP contribution in [0.2, 0.25) is 0 Å². The van der Waals surface area contributed by atoms with Crippen LogP contribution in [-0.2, 0) is 0 Å². The van der Waals surface area contributed by atoms with Gasteiger partial charge in [0.1, 0.15) is 6.54 Å². The van der Waals surface area contributed by atoms with E-state index in [-0.39, 0.29) is 6.54 Å². The van der Waals surface area contributed by atoms with E-state index in [0.717, 1.165) is 0 Å². The zero-order valence-corrected chi connectivity index (χ0v) is 5.55. The maximum atomic E-state index is 9.29. The van der Waals surface area contributed by atoms with Crippen molar-refractivity contribution in [3.05, 3.63) is 0 Å². The molecule has 2 heterocycles. The standard InChI is InChI=1S/C5H6N4O2/c10-4(11)3-8-9-5(4)6-1-2-7-5/h1-2,10-11H,3H2. The van der Waals surface area contributed by atoms with Gasteiger partial charge in [0.25, 0.3) is 5.79 Å². The Hall–Kier alpha value is -1.14. The van der Waals surface area contributed by atoms with Gasteiger partial charge in [0.05, 0.1) is 0 Å². The summed E-state index contributed by atoms with van der Waals surface area (Å²) in [7, 11) is 0. The predicted molar refractivity (Wildman–Crippen MR) is 36.6 cm³/mol. The average Bonchev–Trinajstić information content (AvgIpc) is 2.45. The predicted octanol–water partition coefficient (Wildman–Crippen LogP) is -1.06. The van der Waals surface area contributed by atoms with Gasteiger partial charge < -0.3 is 10.2 Å². The lowest BCUT2D eigenvalue weighted by Gasteiger charge is -2.24. The van der Waals surface area contributed by atoms with Crippen LogP contribution in [0.1, 0.15) is 0 Å². The van der Waals surface area contributed by atoms with Crippen molar-refractivity contribution in [1.82, 2.24) is 0 Å². The summed E-state index contributed by atoms with van der Waals surface area (Å²) in [4.78, 5) is 7.42. The molecule has 0 saturated carbocycles. The molecule has 0 saturated heterocycles. The summed E-state index contributed by atoms with van der Waals surface area (Å²) < 4.78 is 0. The SMILES string of the molecule is OC1(O)CN=NC12N=CC=N2. The van der Waals surface area contributed by atoms with Crippen LogP contribution in [0.5, 0.6) is 0 Å². The Balaban J connectivity index is 2.45. The van der Waals surface area contributed by atoms with Crippen LogP contribution in [-0.4, -0.2) is 40.8 Å². The molecule has 2 aliphatic heterocycles. The van der Waals surface area contributed by atoms with Crippen LogP contribution in [0.4, 0.5) is 0 Å². The van der Waals surface area contributed by atoms with Crippen LogP contribution in [0.15, 0.2) is 20.2 Å². The lowest BCUT2D eigenvalue weighted by atomic mass is 10.1. The minimum absolute atomic E-state index is 0.179. The Bertz CT molecular complexity index is 256. The topological polar surface area (TPSA) is 89.9 Å². The van der Waals surface area contributed by atoms with E-state index in [2.05, 4.69) is 20.2 Å². The molecule has 2 rings (SSSR count). The summed E-state index contributed by atoms with van der Waals surface area (Å²) in [6.07, 6.45) is 2.73. The Labute approximate surface area is 62.0 Å². The first-order valence-corrected chi connectivity index (χ1v) is 3.09. The smallest absolute Gasteiger partial charge is 0.319 e. The summed E-state index contributed by atoms with van der Waals surface area (Å²) in [5.41, 5.74) is 0. The number of rotatable bonds is 0. The third kappa shape index (κ3) is 0.675. The molecule has 0 aromatic heterocycles. The molecule has 6 nitrogen and oxygen atoms in total. The van der Waals surface area contributed by atoms with Crippen molar-refractivity contribution >= 4 is 12.4 Å². The Kier molecular flexibility index (Phi) is 1.02. The van der Waals surface area contributed by atoms with E-state index in [9.17, 15) is 10.2 Å². The second-order valence-corrected chi connectivity index (χ2v) is 2.41. The molecule has 0 aromatic rings. The highest BCUT2D eigenvalue weighted by molar-refractivity contribution is 6.17. The summed E-state index contributed by atoms with van der Waals surface area (Å²) in [6.45, 7) is -0.179. The van der Waals surface area contributed by atoms with Crippen molar-refractivity contribution in [3.63, 3.8) is 0 Å². The molecule has 58 valence electrons. The molecule has 0 aliphatic carbocycles. The van der Waals surface area contributed by atoms with Gasteiger partial charge >= 0.3 is 5.79 Å². The van der Waals surface area contributed by atoms with Crippen LogP contribution in [0, 0.1) is 0 Å². The van der Waals surface area contributed by atoms with Crippen molar-refractivity contribution in [2.24, 2.45) is 20.2 Å². The molecule has 2 aliphatic rings. The van der Waals surface area contributed by atoms with Gasteiger partial charge in [-0.25, -0.2) is 9.98 Å². The summed E-state index contributed by atoms with van der Waals surface area (Å²) in [5, 5.41) is 25.6. The van der Waals surface area contributed by atoms with E-state index >= 15 is 0 Å². The first kappa shape index (κ1) is 6.56. The molecule has 6 heteroatoms. The van der Waals surface area contributed by atoms with Gasteiger partial charge in [-0.15, -0.1) is 5.11 Å². The quantitative estimate of drug-likeness (QED) is 0.435. The van der Waals surface area contributed by atoms with Gasteiger partial charge in [0, 0.05) is 12.4 Å². The fourth-order valence-corrected chi connectivity index (χ4v) is 0.985. The first-order valence-electron chi connectivity index (χ1n) is 3.09. The molecule has 0 atom stereocenters. The van der Waals surface area contributed by atoms with E-state index in [0.29, 0.717) is 0 Å². The van der Waals surface area contributed by atoms with Crippen molar-refractivity contribution in [1.29, 1.82) is 0 Å². The number of aliphatic hydroxyl groups is 2. The molecule has 11 heavy (non-hydrogen) atoms. The maximum absolute atomic E-state index is 9.29. The Morgan fingerprint density at radius 3 is 2.27 bits per heavy atom. The molecule has 0 aromatic carbocycles. The van der Waals surface area contributed by atoms with Crippen molar-refractivity contribution < 1.29 is 10.2 Å². The van der Waals surface area contributed by atoms with Gasteiger partial charge in [-0.1, -0.05) is 0 Å². The largest absolute Gasteiger partial charge is 0.359 e. The highest BCUT2D eigenvalue weighted by atomic mass is 16.5. The molecule has 0 bridgehead atoms. The monoisotopic (exact) mass is 154 g/mol. The lowest BCUT2D eigenvalue weighted by Crippen LogP contribution is -2.48. The normalized spacial score (nSPS) is 28.9. The molecule has 0 amide bonds. The van der Waals surface area contributed by atoms with Gasteiger partial charge in [-0.05, 0) is 0 Å². The average molecular weight is 154 g/mol. The molecule has 0 fully saturated rings. The molecular weight excluding hydrogens is 148 g/mol. The van der Waals surface area contributed by atoms with Crippen molar-refractivity contribution in [2.45, 2.75) is 11.6 Å². The zero-order valence-electron chi connectivity index (χ0n) is 5.55. The third-order valence-corrected chi connectivity index (χ3v) is 1.61. The van der Waals surface area contributed by atoms with E-state index < -0.39 is 11.6 Å². The van der Waals surface area contributed by atoms with E-state index in [1.807, 2.05) is 0 Å². The molecule has 1 spiro atoms. The van der Waals surface area contributed by atoms with Gasteiger partial charge in [0.15, 0.2) is 0 Å².